The monoisotopic (exact) mass is 416 g/mol. The third-order valence-electron chi connectivity index (χ3n) is 5.26. The van der Waals surface area contributed by atoms with E-state index in [-0.39, 0.29) is 23.1 Å². The molecule has 156 valence electrons. The first-order chi connectivity index (χ1) is 13.9. The number of hydrogen-bond donors (Lipinski definition) is 1. The number of hydrogen-bond acceptors (Lipinski definition) is 4. The summed E-state index contributed by atoms with van der Waals surface area (Å²) >= 11 is 0. The SMILES string of the molecule is COc1ccc(S(=O)(=O)N2CCCCC2)cc1NC(=O)C[C@H](C)c1ccccc1. The summed E-state index contributed by atoms with van der Waals surface area (Å²) in [5.41, 5.74) is 1.45. The number of sulfonamides is 1. The van der Waals surface area contributed by atoms with Crippen LogP contribution in [0.25, 0.3) is 0 Å². The number of rotatable bonds is 7. The molecule has 0 spiro atoms. The summed E-state index contributed by atoms with van der Waals surface area (Å²) in [5, 5.41) is 2.83. The fourth-order valence-corrected chi connectivity index (χ4v) is 5.12. The van der Waals surface area contributed by atoms with Gasteiger partial charge in [0.05, 0.1) is 17.7 Å². The fraction of sp³-hybridized carbons (Fsp3) is 0.409. The molecule has 0 bridgehead atoms. The molecule has 1 atom stereocenters. The van der Waals surface area contributed by atoms with Crippen molar-refractivity contribution in [1.29, 1.82) is 0 Å². The number of amides is 1. The van der Waals surface area contributed by atoms with E-state index in [9.17, 15) is 13.2 Å². The Kier molecular flexibility index (Phi) is 6.92. The van der Waals surface area contributed by atoms with Gasteiger partial charge in [-0.05, 0) is 42.5 Å². The van der Waals surface area contributed by atoms with Gasteiger partial charge in [-0.3, -0.25) is 4.79 Å². The number of piperidine rings is 1. The first-order valence-corrected chi connectivity index (χ1v) is 11.4. The number of carbonyl (C=O) groups excluding carboxylic acids is 1. The van der Waals surface area contributed by atoms with Crippen LogP contribution in [0.5, 0.6) is 5.75 Å². The van der Waals surface area contributed by atoms with Crippen molar-refractivity contribution in [3.8, 4) is 5.75 Å². The van der Waals surface area contributed by atoms with Crippen LogP contribution in [0.15, 0.2) is 53.4 Å². The Bertz CT molecular complexity index is 939. The second-order valence-electron chi connectivity index (χ2n) is 7.39. The summed E-state index contributed by atoms with van der Waals surface area (Å²) in [4.78, 5) is 12.8. The molecule has 1 aliphatic heterocycles. The molecule has 1 fully saturated rings. The van der Waals surface area contributed by atoms with Crippen LogP contribution in [-0.2, 0) is 14.8 Å². The lowest BCUT2D eigenvalue weighted by Crippen LogP contribution is -2.35. The summed E-state index contributed by atoms with van der Waals surface area (Å²) in [6.45, 7) is 3.05. The van der Waals surface area contributed by atoms with Gasteiger partial charge in [0.15, 0.2) is 0 Å². The highest BCUT2D eigenvalue weighted by Gasteiger charge is 2.27. The quantitative estimate of drug-likeness (QED) is 0.740. The standard InChI is InChI=1S/C22H28N2O4S/c1-17(18-9-5-3-6-10-18)15-22(25)23-20-16-19(11-12-21(20)28-2)29(26,27)24-13-7-4-8-14-24/h3,5-6,9-12,16-17H,4,7-8,13-15H2,1-2H3,(H,23,25)/t17-/m0/s1. The lowest BCUT2D eigenvalue weighted by Gasteiger charge is -2.26. The Balaban J connectivity index is 1.77. The molecule has 0 aliphatic carbocycles. The molecule has 1 saturated heterocycles. The van der Waals surface area contributed by atoms with E-state index in [4.69, 9.17) is 4.74 Å². The molecular weight excluding hydrogens is 388 g/mol. The Morgan fingerprint density at radius 3 is 2.45 bits per heavy atom. The molecule has 7 heteroatoms. The summed E-state index contributed by atoms with van der Waals surface area (Å²) in [7, 11) is -2.09. The van der Waals surface area contributed by atoms with Crippen molar-refractivity contribution < 1.29 is 17.9 Å². The number of anilines is 1. The highest BCUT2D eigenvalue weighted by molar-refractivity contribution is 7.89. The van der Waals surface area contributed by atoms with Gasteiger partial charge in [-0.15, -0.1) is 0 Å². The molecule has 0 unspecified atom stereocenters. The average molecular weight is 417 g/mol. The van der Waals surface area contributed by atoms with Gasteiger partial charge in [-0.1, -0.05) is 43.7 Å². The molecule has 6 nitrogen and oxygen atoms in total. The van der Waals surface area contributed by atoms with Crippen LogP contribution >= 0.6 is 0 Å². The zero-order chi connectivity index (χ0) is 20.9. The molecular formula is C22H28N2O4S. The minimum absolute atomic E-state index is 0.0439. The fourth-order valence-electron chi connectivity index (χ4n) is 3.58. The van der Waals surface area contributed by atoms with Crippen LogP contribution < -0.4 is 10.1 Å². The van der Waals surface area contributed by atoms with E-state index in [1.54, 1.807) is 6.07 Å². The van der Waals surface area contributed by atoms with Gasteiger partial charge < -0.3 is 10.1 Å². The third-order valence-corrected chi connectivity index (χ3v) is 7.15. The number of carbonyl (C=O) groups is 1. The molecule has 3 rings (SSSR count). The Morgan fingerprint density at radius 1 is 1.10 bits per heavy atom. The maximum Gasteiger partial charge on any atom is 0.243 e. The van der Waals surface area contributed by atoms with E-state index in [1.807, 2.05) is 37.3 Å². The number of benzene rings is 2. The Hall–Kier alpha value is -2.38. The highest BCUT2D eigenvalue weighted by Crippen LogP contribution is 2.30. The van der Waals surface area contributed by atoms with Crippen molar-refractivity contribution in [3.63, 3.8) is 0 Å². The van der Waals surface area contributed by atoms with Crippen molar-refractivity contribution in [1.82, 2.24) is 4.31 Å². The second kappa shape index (κ2) is 9.41. The summed E-state index contributed by atoms with van der Waals surface area (Å²) in [6.07, 6.45) is 3.08. The maximum absolute atomic E-state index is 13.0. The highest BCUT2D eigenvalue weighted by atomic mass is 32.2. The van der Waals surface area contributed by atoms with Gasteiger partial charge in [0.2, 0.25) is 15.9 Å². The van der Waals surface area contributed by atoms with Gasteiger partial charge in [0, 0.05) is 19.5 Å². The van der Waals surface area contributed by atoms with E-state index in [0.29, 0.717) is 24.5 Å². The topological polar surface area (TPSA) is 75.7 Å². The number of methoxy groups -OCH3 is 1. The van der Waals surface area contributed by atoms with Crippen molar-refractivity contribution in [2.75, 3.05) is 25.5 Å². The number of ether oxygens (including phenoxy) is 1. The first-order valence-electron chi connectivity index (χ1n) is 9.95. The lowest BCUT2D eigenvalue weighted by atomic mass is 9.97. The van der Waals surface area contributed by atoms with Crippen LogP contribution in [0.4, 0.5) is 5.69 Å². The normalized spacial score (nSPS) is 16.2. The maximum atomic E-state index is 13.0. The van der Waals surface area contributed by atoms with Crippen molar-refractivity contribution in [2.45, 2.75) is 43.4 Å². The summed E-state index contributed by atoms with van der Waals surface area (Å²) in [5.74, 6) is 0.290. The van der Waals surface area contributed by atoms with E-state index in [2.05, 4.69) is 5.32 Å². The molecule has 1 N–H and O–H groups in total. The van der Waals surface area contributed by atoms with Crippen molar-refractivity contribution >= 4 is 21.6 Å². The molecule has 29 heavy (non-hydrogen) atoms. The smallest absolute Gasteiger partial charge is 0.243 e. The molecule has 0 radical (unpaired) electrons. The number of nitrogens with zero attached hydrogens (tertiary/aromatic N) is 1. The Labute approximate surface area is 172 Å². The molecule has 0 aromatic heterocycles. The van der Waals surface area contributed by atoms with Gasteiger partial charge in [0.1, 0.15) is 5.75 Å². The lowest BCUT2D eigenvalue weighted by molar-refractivity contribution is -0.116. The predicted octanol–water partition coefficient (Wildman–Crippen LogP) is 4.00. The van der Waals surface area contributed by atoms with Crippen LogP contribution in [-0.4, -0.2) is 38.8 Å². The number of nitrogens with one attached hydrogen (secondary N) is 1. The van der Waals surface area contributed by atoms with Crippen LogP contribution in [0.2, 0.25) is 0 Å². The third kappa shape index (κ3) is 5.16. The van der Waals surface area contributed by atoms with Gasteiger partial charge in [-0.2, -0.15) is 4.31 Å². The zero-order valence-electron chi connectivity index (χ0n) is 16.9. The van der Waals surface area contributed by atoms with E-state index in [1.165, 1.54) is 23.5 Å². The van der Waals surface area contributed by atoms with E-state index >= 15 is 0 Å². The predicted molar refractivity (Wildman–Crippen MR) is 114 cm³/mol. The van der Waals surface area contributed by atoms with Gasteiger partial charge in [-0.25, -0.2) is 8.42 Å². The molecule has 1 heterocycles. The molecule has 1 amide bonds. The van der Waals surface area contributed by atoms with Crippen molar-refractivity contribution in [3.05, 3.63) is 54.1 Å². The average Bonchev–Trinajstić information content (AvgIpc) is 2.74. The van der Waals surface area contributed by atoms with E-state index in [0.717, 1.165) is 24.8 Å². The minimum atomic E-state index is -3.58. The second-order valence-corrected chi connectivity index (χ2v) is 9.33. The van der Waals surface area contributed by atoms with Gasteiger partial charge in [0.25, 0.3) is 0 Å². The molecule has 2 aromatic carbocycles. The van der Waals surface area contributed by atoms with Crippen LogP contribution in [0, 0.1) is 0 Å². The summed E-state index contributed by atoms with van der Waals surface area (Å²) in [6, 6.07) is 14.4. The molecule has 1 aliphatic rings. The molecule has 2 aromatic rings. The summed E-state index contributed by atoms with van der Waals surface area (Å²) < 4.78 is 32.8. The van der Waals surface area contributed by atoms with Crippen LogP contribution in [0.3, 0.4) is 0 Å². The minimum Gasteiger partial charge on any atom is -0.495 e. The van der Waals surface area contributed by atoms with Gasteiger partial charge >= 0.3 is 0 Å². The first kappa shape index (κ1) is 21.3. The Morgan fingerprint density at radius 2 is 1.79 bits per heavy atom. The zero-order valence-corrected chi connectivity index (χ0v) is 17.7. The van der Waals surface area contributed by atoms with Crippen molar-refractivity contribution in [2.24, 2.45) is 0 Å². The molecule has 0 saturated carbocycles. The largest absolute Gasteiger partial charge is 0.495 e. The van der Waals surface area contributed by atoms with E-state index < -0.39 is 10.0 Å². The van der Waals surface area contributed by atoms with Crippen LogP contribution in [0.1, 0.15) is 44.1 Å².